The molecule has 0 aliphatic heterocycles. The van der Waals surface area contributed by atoms with Gasteiger partial charge in [-0.1, -0.05) is 68.5 Å². The van der Waals surface area contributed by atoms with E-state index in [-0.39, 0.29) is 5.92 Å². The summed E-state index contributed by atoms with van der Waals surface area (Å²) in [5, 5.41) is 11.5. The summed E-state index contributed by atoms with van der Waals surface area (Å²) >= 11 is 0. The Morgan fingerprint density at radius 3 is 2.55 bits per heavy atom. The molecular weight excluding hydrogens is 410 g/mol. The third-order valence-electron chi connectivity index (χ3n) is 8.26. The molecule has 2 aromatic carbocycles. The topological polar surface area (TPSA) is 59.4 Å². The van der Waals surface area contributed by atoms with Crippen LogP contribution >= 0.6 is 0 Å². The Hall–Kier alpha value is -2.88. The summed E-state index contributed by atoms with van der Waals surface area (Å²) in [6.07, 6.45) is 8.42. The number of hydrogen-bond donors (Lipinski definition) is 1. The monoisotopic (exact) mass is 443 g/mol. The number of pyridine rings is 1. The van der Waals surface area contributed by atoms with Crippen molar-refractivity contribution in [1.82, 2.24) is 4.98 Å². The normalized spacial score (nSPS) is 24.6. The summed E-state index contributed by atoms with van der Waals surface area (Å²) in [5.74, 6) is 1.47. The number of hydrogen-bond acceptors (Lipinski definition) is 3. The van der Waals surface area contributed by atoms with Crippen molar-refractivity contribution in [2.45, 2.75) is 63.9 Å². The van der Waals surface area contributed by atoms with E-state index in [1.807, 2.05) is 61.5 Å². The number of fused-ring (bicyclic) bond motifs is 2. The first-order valence-electron chi connectivity index (χ1n) is 12.4. The van der Waals surface area contributed by atoms with E-state index in [4.69, 9.17) is 4.74 Å². The molecular formula is C29H33NO3. The summed E-state index contributed by atoms with van der Waals surface area (Å²) in [6.45, 7) is 2.33. The van der Waals surface area contributed by atoms with Crippen molar-refractivity contribution in [1.29, 1.82) is 0 Å². The molecule has 0 bridgehead atoms. The number of aliphatic carboxylic acids is 1. The van der Waals surface area contributed by atoms with E-state index in [2.05, 4.69) is 11.1 Å². The molecule has 5 rings (SSSR count). The van der Waals surface area contributed by atoms with Crippen molar-refractivity contribution in [2.24, 2.45) is 17.8 Å². The van der Waals surface area contributed by atoms with Crippen LogP contribution in [-0.4, -0.2) is 16.1 Å². The number of para-hydroxylation sites is 1. The van der Waals surface area contributed by atoms with Crippen molar-refractivity contribution in [3.63, 3.8) is 0 Å². The van der Waals surface area contributed by atoms with Crippen LogP contribution in [0.2, 0.25) is 0 Å². The first kappa shape index (κ1) is 21.9. The number of benzene rings is 2. The quantitative estimate of drug-likeness (QED) is 0.457. The van der Waals surface area contributed by atoms with Crippen LogP contribution in [-0.2, 0) is 16.8 Å². The van der Waals surface area contributed by atoms with Crippen LogP contribution in [0.4, 0.5) is 0 Å². The van der Waals surface area contributed by atoms with Crippen molar-refractivity contribution in [2.75, 3.05) is 0 Å². The molecule has 2 fully saturated rings. The minimum absolute atomic E-state index is 0.197. The maximum absolute atomic E-state index is 12.7. The SMILES string of the molecule is CC(C(=O)O)(c1ccc(OCc2ccc3ccccc3n2)cc1)C1CCCC2CCCCC21. The maximum atomic E-state index is 12.7. The van der Waals surface area contributed by atoms with E-state index in [1.54, 1.807) is 0 Å². The standard InChI is InChI=1S/C29H33NO3/c1-29(28(31)32,26-11-6-9-20-7-2-4-10-25(20)26)22-14-17-24(18-15-22)33-19-23-16-13-21-8-3-5-12-27(21)30-23/h3,5,8,12-18,20,25-26H,2,4,6-7,9-11,19H2,1H3,(H,31,32). The lowest BCUT2D eigenvalue weighted by Crippen LogP contribution is -2.47. The molecule has 2 saturated carbocycles. The number of carboxylic acids is 1. The lowest BCUT2D eigenvalue weighted by atomic mass is 9.56. The third kappa shape index (κ3) is 4.23. The van der Waals surface area contributed by atoms with Crippen molar-refractivity contribution >= 4 is 16.9 Å². The highest BCUT2D eigenvalue weighted by atomic mass is 16.5. The second-order valence-corrected chi connectivity index (χ2v) is 10.1. The van der Waals surface area contributed by atoms with Gasteiger partial charge in [0.15, 0.2) is 0 Å². The molecule has 4 atom stereocenters. The highest BCUT2D eigenvalue weighted by Crippen LogP contribution is 2.51. The number of nitrogens with zero attached hydrogens (tertiary/aromatic N) is 1. The zero-order valence-electron chi connectivity index (χ0n) is 19.4. The molecule has 1 N–H and O–H groups in total. The van der Waals surface area contributed by atoms with E-state index < -0.39 is 11.4 Å². The Morgan fingerprint density at radius 2 is 1.73 bits per heavy atom. The van der Waals surface area contributed by atoms with Crippen LogP contribution in [0.3, 0.4) is 0 Å². The first-order valence-corrected chi connectivity index (χ1v) is 12.4. The minimum atomic E-state index is -0.862. The lowest BCUT2D eigenvalue weighted by Gasteiger charge is -2.48. The zero-order valence-corrected chi connectivity index (χ0v) is 19.4. The van der Waals surface area contributed by atoms with Gasteiger partial charge in [-0.15, -0.1) is 0 Å². The molecule has 2 aliphatic rings. The van der Waals surface area contributed by atoms with Crippen LogP contribution in [0.15, 0.2) is 60.7 Å². The molecule has 4 unspecified atom stereocenters. The Morgan fingerprint density at radius 1 is 0.970 bits per heavy atom. The Kier molecular flexibility index (Phi) is 6.09. The summed E-state index contributed by atoms with van der Waals surface area (Å²) < 4.78 is 5.99. The largest absolute Gasteiger partial charge is 0.487 e. The fourth-order valence-electron chi connectivity index (χ4n) is 6.39. The number of ether oxygens (including phenoxy) is 1. The molecule has 172 valence electrons. The molecule has 1 heterocycles. The molecule has 4 nitrogen and oxygen atoms in total. The highest BCUT2D eigenvalue weighted by Gasteiger charge is 2.49. The van der Waals surface area contributed by atoms with Gasteiger partial charge in [-0.2, -0.15) is 0 Å². The minimum Gasteiger partial charge on any atom is -0.487 e. The molecule has 0 amide bonds. The van der Waals surface area contributed by atoms with Crippen molar-refractivity contribution in [3.8, 4) is 5.75 Å². The fourth-order valence-corrected chi connectivity index (χ4v) is 6.39. The van der Waals surface area contributed by atoms with Crippen LogP contribution < -0.4 is 4.74 Å². The van der Waals surface area contributed by atoms with Gasteiger partial charge < -0.3 is 9.84 Å². The van der Waals surface area contributed by atoms with Gasteiger partial charge in [0.2, 0.25) is 0 Å². The van der Waals surface area contributed by atoms with Gasteiger partial charge in [0.25, 0.3) is 0 Å². The Labute approximate surface area is 196 Å². The second kappa shape index (κ2) is 9.17. The van der Waals surface area contributed by atoms with Gasteiger partial charge in [-0.05, 0) is 67.3 Å². The molecule has 4 heteroatoms. The summed E-state index contributed by atoms with van der Waals surface area (Å²) in [4.78, 5) is 17.3. The third-order valence-corrected chi connectivity index (χ3v) is 8.26. The fraction of sp³-hybridized carbons (Fsp3) is 0.448. The summed E-state index contributed by atoms with van der Waals surface area (Å²) in [5.41, 5.74) is 1.86. The number of rotatable bonds is 6. The van der Waals surface area contributed by atoms with Crippen LogP contribution in [0.25, 0.3) is 10.9 Å². The van der Waals surface area contributed by atoms with E-state index in [1.165, 1.54) is 32.1 Å². The molecule has 2 aliphatic carbocycles. The van der Waals surface area contributed by atoms with E-state index >= 15 is 0 Å². The summed E-state index contributed by atoms with van der Waals surface area (Å²) in [7, 11) is 0. The number of aromatic nitrogens is 1. The van der Waals surface area contributed by atoms with Gasteiger partial charge >= 0.3 is 5.97 Å². The average Bonchev–Trinajstić information content (AvgIpc) is 2.86. The highest BCUT2D eigenvalue weighted by molar-refractivity contribution is 5.81. The van der Waals surface area contributed by atoms with Gasteiger partial charge in [0.05, 0.1) is 16.6 Å². The van der Waals surface area contributed by atoms with E-state index in [0.29, 0.717) is 18.4 Å². The summed E-state index contributed by atoms with van der Waals surface area (Å²) in [6, 6.07) is 19.8. The Bertz CT molecular complexity index is 1120. The van der Waals surface area contributed by atoms with Crippen molar-refractivity contribution < 1.29 is 14.6 Å². The number of carbonyl (C=O) groups is 1. The second-order valence-electron chi connectivity index (χ2n) is 10.1. The van der Waals surface area contributed by atoms with Gasteiger partial charge in [-0.25, -0.2) is 4.98 Å². The van der Waals surface area contributed by atoms with Crippen LogP contribution in [0.5, 0.6) is 5.75 Å². The average molecular weight is 444 g/mol. The zero-order chi connectivity index (χ0) is 22.8. The predicted octanol–water partition coefficient (Wildman–Crippen LogP) is 6.76. The maximum Gasteiger partial charge on any atom is 0.314 e. The van der Waals surface area contributed by atoms with Gasteiger partial charge in [-0.3, -0.25) is 4.79 Å². The smallest absolute Gasteiger partial charge is 0.314 e. The van der Waals surface area contributed by atoms with E-state index in [9.17, 15) is 9.90 Å². The molecule has 0 radical (unpaired) electrons. The molecule has 3 aromatic rings. The van der Waals surface area contributed by atoms with Gasteiger partial charge in [0, 0.05) is 5.39 Å². The lowest BCUT2D eigenvalue weighted by molar-refractivity contribution is -0.148. The van der Waals surface area contributed by atoms with Crippen LogP contribution in [0, 0.1) is 17.8 Å². The molecule has 0 spiro atoms. The molecule has 0 saturated heterocycles. The molecule has 1 aromatic heterocycles. The van der Waals surface area contributed by atoms with Gasteiger partial charge in [0.1, 0.15) is 12.4 Å². The Balaban J connectivity index is 1.33. The molecule has 33 heavy (non-hydrogen) atoms. The van der Waals surface area contributed by atoms with Crippen molar-refractivity contribution in [3.05, 3.63) is 71.9 Å². The predicted molar refractivity (Wildman–Crippen MR) is 130 cm³/mol. The van der Waals surface area contributed by atoms with Crippen LogP contribution in [0.1, 0.15) is 63.1 Å². The number of carboxylic acid groups (broad SMARTS) is 1. The van der Waals surface area contributed by atoms with E-state index in [0.717, 1.165) is 40.8 Å². The first-order chi connectivity index (χ1) is 16.1.